The Morgan fingerprint density at radius 2 is 2.00 bits per heavy atom. The summed E-state index contributed by atoms with van der Waals surface area (Å²) in [6.07, 6.45) is 0.125. The predicted octanol–water partition coefficient (Wildman–Crippen LogP) is 0.390. The highest BCUT2D eigenvalue weighted by Crippen LogP contribution is 2.28. The fraction of sp³-hybridized carbons (Fsp3) is 0.875. The molecule has 4 nitrogen and oxygen atoms in total. The van der Waals surface area contributed by atoms with Crippen molar-refractivity contribution in [2.75, 3.05) is 13.1 Å². The van der Waals surface area contributed by atoms with Crippen LogP contribution in [0.4, 0.5) is 0 Å². The lowest BCUT2D eigenvalue weighted by Crippen LogP contribution is -2.56. The van der Waals surface area contributed by atoms with Gasteiger partial charge in [0.15, 0.2) is 0 Å². The van der Waals surface area contributed by atoms with Gasteiger partial charge in [0.25, 0.3) is 0 Å². The first-order chi connectivity index (χ1) is 5.84. The number of rotatable bonds is 1. The third-order valence-electron chi connectivity index (χ3n) is 2.69. The van der Waals surface area contributed by atoms with Crippen molar-refractivity contribution in [2.24, 2.45) is 0 Å². The molecular weight excluding hydrogens is 190 g/mol. The lowest BCUT2D eigenvalue weighted by molar-refractivity contribution is -0.113. The van der Waals surface area contributed by atoms with Crippen LogP contribution in [0, 0.1) is 0 Å². The Morgan fingerprint density at radius 1 is 1.46 bits per heavy atom. The van der Waals surface area contributed by atoms with Gasteiger partial charge in [-0.25, -0.2) is 8.42 Å². The minimum atomic E-state index is -3.61. The molecular formula is C8H15NO3S. The maximum Gasteiger partial charge on any atom is 0.249 e. The van der Waals surface area contributed by atoms with Crippen molar-refractivity contribution >= 4 is 15.0 Å². The van der Waals surface area contributed by atoms with Crippen molar-refractivity contribution in [3.05, 3.63) is 0 Å². The van der Waals surface area contributed by atoms with E-state index in [0.29, 0.717) is 13.1 Å². The Labute approximate surface area is 78.8 Å². The van der Waals surface area contributed by atoms with E-state index in [9.17, 15) is 13.2 Å². The maximum absolute atomic E-state index is 11.6. The molecule has 0 aromatic rings. The Hall–Kier alpha value is -0.420. The van der Waals surface area contributed by atoms with Crippen LogP contribution in [-0.2, 0) is 14.6 Å². The first-order valence-corrected chi connectivity index (χ1v) is 5.85. The van der Waals surface area contributed by atoms with Gasteiger partial charge in [-0.05, 0) is 20.4 Å². The molecule has 0 atom stereocenters. The van der Waals surface area contributed by atoms with Crippen LogP contribution in [0.25, 0.3) is 0 Å². The normalized spacial score (nSPS) is 27.5. The van der Waals surface area contributed by atoms with Gasteiger partial charge in [-0.3, -0.25) is 9.69 Å². The van der Waals surface area contributed by atoms with Crippen LogP contribution in [0.3, 0.4) is 0 Å². The van der Waals surface area contributed by atoms with Crippen LogP contribution >= 0.6 is 0 Å². The van der Waals surface area contributed by atoms with Crippen LogP contribution in [-0.4, -0.2) is 36.4 Å². The average Bonchev–Trinajstić information content (AvgIpc) is 2.02. The monoisotopic (exact) mass is 205 g/mol. The average molecular weight is 205 g/mol. The molecule has 1 aliphatic rings. The van der Waals surface area contributed by atoms with E-state index >= 15 is 0 Å². The quantitative estimate of drug-likeness (QED) is 0.621. The van der Waals surface area contributed by atoms with Gasteiger partial charge in [-0.1, -0.05) is 6.92 Å². The molecule has 0 amide bonds. The molecule has 1 rings (SSSR count). The second kappa shape index (κ2) is 3.06. The third kappa shape index (κ3) is 1.40. The van der Waals surface area contributed by atoms with Gasteiger partial charge >= 0.3 is 0 Å². The minimum Gasteiger partial charge on any atom is -0.285 e. The van der Waals surface area contributed by atoms with Crippen LogP contribution < -0.4 is 0 Å². The lowest BCUT2D eigenvalue weighted by Gasteiger charge is -2.39. The smallest absolute Gasteiger partial charge is 0.249 e. The molecule has 0 aromatic heterocycles. The van der Waals surface area contributed by atoms with Crippen LogP contribution in [0.15, 0.2) is 0 Å². The lowest BCUT2D eigenvalue weighted by atomic mass is 10.2. The summed E-state index contributed by atoms with van der Waals surface area (Å²) >= 11 is 0. The second-order valence-corrected chi connectivity index (χ2v) is 6.11. The highest BCUT2D eigenvalue weighted by molar-refractivity contribution is 8.07. The zero-order valence-electron chi connectivity index (χ0n) is 8.20. The van der Waals surface area contributed by atoms with Gasteiger partial charge in [0.2, 0.25) is 15.0 Å². The Morgan fingerprint density at radius 3 is 2.46 bits per heavy atom. The first-order valence-electron chi connectivity index (χ1n) is 4.36. The van der Waals surface area contributed by atoms with Gasteiger partial charge < -0.3 is 0 Å². The zero-order chi connectivity index (χ0) is 10.3. The van der Waals surface area contributed by atoms with E-state index in [1.54, 1.807) is 13.8 Å². The summed E-state index contributed by atoms with van der Waals surface area (Å²) in [6, 6.07) is 0. The molecule has 0 bridgehead atoms. The summed E-state index contributed by atoms with van der Waals surface area (Å²) < 4.78 is 23.2. The summed E-state index contributed by atoms with van der Waals surface area (Å²) in [5, 5.41) is -0.623. The second-order valence-electron chi connectivity index (χ2n) is 3.65. The molecule has 76 valence electrons. The third-order valence-corrected chi connectivity index (χ3v) is 5.06. The summed E-state index contributed by atoms with van der Waals surface area (Å²) in [4.78, 5) is 12.0. The van der Waals surface area contributed by atoms with Crippen molar-refractivity contribution in [2.45, 2.75) is 32.1 Å². The fourth-order valence-corrected chi connectivity index (χ4v) is 3.09. The molecule has 1 fully saturated rings. The molecule has 0 aliphatic carbocycles. The van der Waals surface area contributed by atoms with Gasteiger partial charge in [0, 0.05) is 13.0 Å². The van der Waals surface area contributed by atoms with E-state index in [1.165, 1.54) is 0 Å². The SMILES string of the molecule is CCN1CCC(=O)S(=O)(=O)C1(C)C. The van der Waals surface area contributed by atoms with Gasteiger partial charge in [0.05, 0.1) is 0 Å². The van der Waals surface area contributed by atoms with E-state index in [-0.39, 0.29) is 6.42 Å². The van der Waals surface area contributed by atoms with E-state index in [0.717, 1.165) is 0 Å². The largest absolute Gasteiger partial charge is 0.285 e. The molecule has 0 unspecified atom stereocenters. The van der Waals surface area contributed by atoms with Crippen LogP contribution in [0.5, 0.6) is 0 Å². The predicted molar refractivity (Wildman–Crippen MR) is 49.9 cm³/mol. The molecule has 13 heavy (non-hydrogen) atoms. The molecule has 5 heteroatoms. The van der Waals surface area contributed by atoms with Gasteiger partial charge in [0.1, 0.15) is 4.87 Å². The van der Waals surface area contributed by atoms with E-state index < -0.39 is 19.8 Å². The van der Waals surface area contributed by atoms with E-state index in [1.807, 2.05) is 11.8 Å². The molecule has 1 aliphatic heterocycles. The molecule has 0 spiro atoms. The number of carbonyl (C=O) groups excluding carboxylic acids is 1. The number of sulfone groups is 1. The molecule has 0 N–H and O–H groups in total. The number of carbonyl (C=O) groups is 1. The molecule has 0 saturated carbocycles. The van der Waals surface area contributed by atoms with Gasteiger partial charge in [-0.2, -0.15) is 0 Å². The minimum absolute atomic E-state index is 0.125. The summed E-state index contributed by atoms with van der Waals surface area (Å²) in [6.45, 7) is 6.26. The maximum atomic E-state index is 11.6. The molecule has 1 saturated heterocycles. The molecule has 0 radical (unpaired) electrons. The summed E-state index contributed by atoms with van der Waals surface area (Å²) in [5.41, 5.74) is 0. The highest BCUT2D eigenvalue weighted by Gasteiger charge is 2.47. The number of hydrogen-bond acceptors (Lipinski definition) is 4. The highest BCUT2D eigenvalue weighted by atomic mass is 32.2. The van der Waals surface area contributed by atoms with E-state index in [4.69, 9.17) is 0 Å². The molecule has 0 aromatic carbocycles. The standard InChI is InChI=1S/C8H15NO3S/c1-4-9-6-5-7(10)13(11,12)8(9,2)3/h4-6H2,1-3H3. The summed E-state index contributed by atoms with van der Waals surface area (Å²) in [7, 11) is -3.61. The van der Waals surface area contributed by atoms with Crippen molar-refractivity contribution < 1.29 is 13.2 Å². The Kier molecular flexibility index (Phi) is 2.51. The van der Waals surface area contributed by atoms with Crippen molar-refractivity contribution in [3.8, 4) is 0 Å². The Balaban J connectivity index is 3.14. The van der Waals surface area contributed by atoms with Crippen LogP contribution in [0.2, 0.25) is 0 Å². The number of hydrogen-bond donors (Lipinski definition) is 0. The van der Waals surface area contributed by atoms with E-state index in [2.05, 4.69) is 0 Å². The Bertz CT molecular complexity index is 318. The summed E-state index contributed by atoms with van der Waals surface area (Å²) in [5.74, 6) is 0. The van der Waals surface area contributed by atoms with Crippen molar-refractivity contribution in [1.29, 1.82) is 0 Å². The fourth-order valence-electron chi connectivity index (χ4n) is 1.62. The van der Waals surface area contributed by atoms with Crippen LogP contribution in [0.1, 0.15) is 27.2 Å². The van der Waals surface area contributed by atoms with Gasteiger partial charge in [-0.15, -0.1) is 0 Å². The zero-order valence-corrected chi connectivity index (χ0v) is 9.02. The first kappa shape index (κ1) is 10.7. The number of nitrogens with zero attached hydrogens (tertiary/aromatic N) is 1. The molecule has 1 heterocycles. The van der Waals surface area contributed by atoms with Crippen molar-refractivity contribution in [3.63, 3.8) is 0 Å². The topological polar surface area (TPSA) is 54.5 Å². The van der Waals surface area contributed by atoms with Crippen molar-refractivity contribution in [1.82, 2.24) is 4.90 Å².